The van der Waals surface area contributed by atoms with Gasteiger partial charge < -0.3 is 23.7 Å². The van der Waals surface area contributed by atoms with Crippen molar-refractivity contribution in [3.63, 3.8) is 0 Å². The molecule has 0 N–H and O–H groups in total. The summed E-state index contributed by atoms with van der Waals surface area (Å²) in [4.78, 5) is 29.4. The lowest BCUT2D eigenvalue weighted by Crippen LogP contribution is -2.45. The summed E-state index contributed by atoms with van der Waals surface area (Å²) in [5.41, 5.74) is 0.918. The van der Waals surface area contributed by atoms with E-state index >= 15 is 0 Å². The number of aryl methyl sites for hydroxylation is 1. The Kier molecular flexibility index (Phi) is 6.30. The molecule has 0 unspecified atom stereocenters. The zero-order valence-electron chi connectivity index (χ0n) is 17.8. The van der Waals surface area contributed by atoms with E-state index in [2.05, 4.69) is 6.58 Å². The molecule has 0 bridgehead atoms. The van der Waals surface area contributed by atoms with Crippen LogP contribution in [0.4, 0.5) is 0 Å². The van der Waals surface area contributed by atoms with Crippen LogP contribution in [-0.4, -0.2) is 41.5 Å². The largest absolute Gasteiger partial charge is 0.464 e. The third-order valence-electron chi connectivity index (χ3n) is 5.75. The molecule has 2 aliphatic rings. The summed E-state index contributed by atoms with van der Waals surface area (Å²) in [6, 6.07) is 9.40. The van der Waals surface area contributed by atoms with Gasteiger partial charge in [-0.25, -0.2) is 0 Å². The number of carbonyl (C=O) groups excluding carboxylic acids is 2. The van der Waals surface area contributed by atoms with Crippen LogP contribution in [0.5, 0.6) is 11.5 Å². The smallest absolute Gasteiger partial charge is 0.242 e. The van der Waals surface area contributed by atoms with Crippen molar-refractivity contribution in [2.45, 2.75) is 39.3 Å². The van der Waals surface area contributed by atoms with Gasteiger partial charge in [0.2, 0.25) is 18.6 Å². The predicted molar refractivity (Wildman–Crippen MR) is 114 cm³/mol. The number of hydrogen-bond acceptors (Lipinski definition) is 5. The summed E-state index contributed by atoms with van der Waals surface area (Å²) in [5.74, 6) is 2.80. The van der Waals surface area contributed by atoms with E-state index in [1.165, 1.54) is 0 Å². The SMILES string of the molecule is C=CCN(CC(=O)N(Cc1ccc2c(c1)OCO2)Cc1ccc(C)o1)C(=O)C1CCC1. The maximum atomic E-state index is 13.3. The van der Waals surface area contributed by atoms with Crippen molar-refractivity contribution >= 4 is 11.8 Å². The number of hydrogen-bond donors (Lipinski definition) is 0. The van der Waals surface area contributed by atoms with Crippen LogP contribution in [0.3, 0.4) is 0 Å². The molecular formula is C24H28N2O5. The number of fused-ring (bicyclic) bond motifs is 1. The maximum Gasteiger partial charge on any atom is 0.242 e. The number of ether oxygens (including phenoxy) is 2. The molecule has 7 nitrogen and oxygen atoms in total. The van der Waals surface area contributed by atoms with Crippen molar-refractivity contribution in [3.8, 4) is 11.5 Å². The first-order valence-electron chi connectivity index (χ1n) is 10.6. The highest BCUT2D eigenvalue weighted by atomic mass is 16.7. The monoisotopic (exact) mass is 424 g/mol. The molecule has 0 atom stereocenters. The first-order chi connectivity index (χ1) is 15.0. The average Bonchev–Trinajstić information content (AvgIpc) is 3.33. The van der Waals surface area contributed by atoms with E-state index in [-0.39, 0.29) is 31.1 Å². The first kappa shape index (κ1) is 21.0. The summed E-state index contributed by atoms with van der Waals surface area (Å²) >= 11 is 0. The Bertz CT molecular complexity index is 963. The topological polar surface area (TPSA) is 72.2 Å². The fourth-order valence-electron chi connectivity index (χ4n) is 3.82. The molecule has 1 aliphatic heterocycles. The normalized spacial score (nSPS) is 14.7. The van der Waals surface area contributed by atoms with Crippen molar-refractivity contribution in [2.75, 3.05) is 19.9 Å². The zero-order valence-corrected chi connectivity index (χ0v) is 17.8. The van der Waals surface area contributed by atoms with Crippen LogP contribution in [0.1, 0.15) is 36.3 Å². The predicted octanol–water partition coefficient (Wildman–Crippen LogP) is 3.66. The maximum absolute atomic E-state index is 13.3. The van der Waals surface area contributed by atoms with Gasteiger partial charge in [0.1, 0.15) is 18.1 Å². The summed E-state index contributed by atoms with van der Waals surface area (Å²) in [5, 5.41) is 0. The second kappa shape index (κ2) is 9.29. The minimum atomic E-state index is -0.138. The number of amides is 2. The lowest BCUT2D eigenvalue weighted by molar-refractivity contribution is -0.144. The van der Waals surface area contributed by atoms with Crippen LogP contribution in [-0.2, 0) is 22.7 Å². The summed E-state index contributed by atoms with van der Waals surface area (Å²) in [7, 11) is 0. The number of carbonyl (C=O) groups is 2. The highest BCUT2D eigenvalue weighted by molar-refractivity contribution is 5.86. The number of rotatable bonds is 9. The van der Waals surface area contributed by atoms with E-state index in [4.69, 9.17) is 13.9 Å². The standard InChI is InChI=1S/C24H28N2O5/c1-3-11-25(24(28)19-5-4-6-19)15-23(27)26(14-20-9-7-17(2)31-20)13-18-8-10-21-22(12-18)30-16-29-21/h3,7-10,12,19H,1,4-6,11,13-16H2,2H3. The molecule has 1 fully saturated rings. The molecule has 164 valence electrons. The molecule has 0 saturated heterocycles. The lowest BCUT2D eigenvalue weighted by atomic mass is 9.84. The van der Waals surface area contributed by atoms with Crippen molar-refractivity contribution in [3.05, 3.63) is 60.1 Å². The van der Waals surface area contributed by atoms with Crippen molar-refractivity contribution in [2.24, 2.45) is 5.92 Å². The van der Waals surface area contributed by atoms with Crippen molar-refractivity contribution in [1.29, 1.82) is 0 Å². The molecule has 0 spiro atoms. The van der Waals surface area contributed by atoms with Crippen LogP contribution in [0.15, 0.2) is 47.4 Å². The first-order valence-corrected chi connectivity index (χ1v) is 10.6. The lowest BCUT2D eigenvalue weighted by Gasteiger charge is -2.32. The van der Waals surface area contributed by atoms with Crippen LogP contribution >= 0.6 is 0 Å². The third-order valence-corrected chi connectivity index (χ3v) is 5.75. The molecule has 0 radical (unpaired) electrons. The minimum absolute atomic E-state index is 0.0194. The second-order valence-corrected chi connectivity index (χ2v) is 8.09. The molecule has 1 saturated carbocycles. The van der Waals surface area contributed by atoms with E-state index in [0.717, 1.165) is 30.6 Å². The fraction of sp³-hybridized carbons (Fsp3) is 0.417. The van der Waals surface area contributed by atoms with Gasteiger partial charge in [-0.3, -0.25) is 9.59 Å². The zero-order chi connectivity index (χ0) is 21.8. The highest BCUT2D eigenvalue weighted by Crippen LogP contribution is 2.33. The number of nitrogens with zero attached hydrogens (tertiary/aromatic N) is 2. The van der Waals surface area contributed by atoms with Crippen molar-refractivity contribution in [1.82, 2.24) is 9.80 Å². The Morgan fingerprint density at radius 3 is 2.58 bits per heavy atom. The number of benzene rings is 1. The van der Waals surface area contributed by atoms with Gasteiger partial charge in [0.05, 0.1) is 6.54 Å². The third kappa shape index (κ3) is 4.93. The Hall–Kier alpha value is -3.22. The summed E-state index contributed by atoms with van der Waals surface area (Å²) < 4.78 is 16.6. The van der Waals surface area contributed by atoms with Gasteiger partial charge in [-0.15, -0.1) is 6.58 Å². The second-order valence-electron chi connectivity index (χ2n) is 8.09. The molecule has 2 heterocycles. The van der Waals surface area contributed by atoms with E-state index in [0.29, 0.717) is 36.9 Å². The van der Waals surface area contributed by atoms with Gasteiger partial charge in [0.25, 0.3) is 0 Å². The summed E-state index contributed by atoms with van der Waals surface area (Å²) in [6.45, 7) is 6.89. The molecular weight excluding hydrogens is 396 g/mol. The van der Waals surface area contributed by atoms with Crippen LogP contribution in [0.25, 0.3) is 0 Å². The fourth-order valence-corrected chi connectivity index (χ4v) is 3.82. The molecule has 7 heteroatoms. The van der Waals surface area contributed by atoms with Gasteiger partial charge in [-0.2, -0.15) is 0 Å². The number of furan rings is 1. The van der Waals surface area contributed by atoms with Gasteiger partial charge in [0.15, 0.2) is 11.5 Å². The summed E-state index contributed by atoms with van der Waals surface area (Å²) in [6.07, 6.45) is 4.53. The van der Waals surface area contributed by atoms with E-state index < -0.39 is 0 Å². The van der Waals surface area contributed by atoms with E-state index in [1.807, 2.05) is 37.3 Å². The van der Waals surface area contributed by atoms with Crippen LogP contribution < -0.4 is 9.47 Å². The van der Waals surface area contributed by atoms with E-state index in [1.54, 1.807) is 15.9 Å². The van der Waals surface area contributed by atoms with Crippen LogP contribution in [0, 0.1) is 12.8 Å². The molecule has 1 aromatic heterocycles. The Morgan fingerprint density at radius 1 is 1.10 bits per heavy atom. The van der Waals surface area contributed by atoms with Gasteiger partial charge >= 0.3 is 0 Å². The Morgan fingerprint density at radius 2 is 1.90 bits per heavy atom. The molecule has 2 aromatic rings. The van der Waals surface area contributed by atoms with Crippen molar-refractivity contribution < 1.29 is 23.5 Å². The minimum Gasteiger partial charge on any atom is -0.464 e. The highest BCUT2D eigenvalue weighted by Gasteiger charge is 2.31. The molecule has 4 rings (SSSR count). The molecule has 31 heavy (non-hydrogen) atoms. The van der Waals surface area contributed by atoms with E-state index in [9.17, 15) is 9.59 Å². The average molecular weight is 424 g/mol. The molecule has 2 amide bonds. The Balaban J connectivity index is 1.51. The quantitative estimate of drug-likeness (QED) is 0.575. The van der Waals surface area contributed by atoms with Crippen LogP contribution in [0.2, 0.25) is 0 Å². The molecule has 1 aromatic carbocycles. The van der Waals surface area contributed by atoms with Gasteiger partial charge in [-0.1, -0.05) is 18.6 Å². The van der Waals surface area contributed by atoms with Gasteiger partial charge in [0, 0.05) is 19.0 Å². The molecule has 1 aliphatic carbocycles. The van der Waals surface area contributed by atoms with Gasteiger partial charge in [-0.05, 0) is 49.6 Å². The Labute approximate surface area is 182 Å².